The van der Waals surface area contributed by atoms with E-state index in [2.05, 4.69) is 21.0 Å². The molecular weight excluding hydrogens is 287 g/mol. The monoisotopic (exact) mass is 296 g/mol. The van der Waals surface area contributed by atoms with E-state index in [0.29, 0.717) is 5.69 Å². The number of aromatic nitrogens is 2. The lowest BCUT2D eigenvalue weighted by molar-refractivity contribution is 0.102. The minimum Gasteiger partial charge on any atom is -0.287 e. The molecule has 3 nitrogen and oxygen atoms in total. The Morgan fingerprint density at radius 1 is 1.47 bits per heavy atom. The standard InChI is InChI=1S/C12H10BrFN2O/c1-7-6-10(16(2)15-7)12(17)8-4-3-5-9(13)11(8)14/h3-6H,1-2H3. The summed E-state index contributed by atoms with van der Waals surface area (Å²) < 4.78 is 15.5. The quantitative estimate of drug-likeness (QED) is 0.799. The number of nitrogens with zero attached hydrogens (tertiary/aromatic N) is 2. The van der Waals surface area contributed by atoms with Crippen molar-refractivity contribution in [2.75, 3.05) is 0 Å². The average Bonchev–Trinajstić information content (AvgIpc) is 2.61. The zero-order chi connectivity index (χ0) is 12.6. The molecular formula is C12H10BrFN2O. The highest BCUT2D eigenvalue weighted by molar-refractivity contribution is 9.10. The van der Waals surface area contributed by atoms with Crippen molar-refractivity contribution in [2.45, 2.75) is 6.92 Å². The maximum atomic E-state index is 13.8. The van der Waals surface area contributed by atoms with Crippen LogP contribution in [0.1, 0.15) is 21.7 Å². The van der Waals surface area contributed by atoms with Gasteiger partial charge >= 0.3 is 0 Å². The molecule has 2 aromatic rings. The Labute approximate surface area is 106 Å². The van der Waals surface area contributed by atoms with E-state index in [4.69, 9.17) is 0 Å². The van der Waals surface area contributed by atoms with E-state index in [9.17, 15) is 9.18 Å². The molecule has 0 aliphatic rings. The van der Waals surface area contributed by atoms with E-state index in [1.807, 2.05) is 0 Å². The first-order valence-electron chi connectivity index (χ1n) is 5.00. The van der Waals surface area contributed by atoms with Gasteiger partial charge in [-0.3, -0.25) is 9.48 Å². The predicted octanol–water partition coefficient (Wildman–Crippen LogP) is 2.86. The van der Waals surface area contributed by atoms with Crippen molar-refractivity contribution in [3.05, 3.63) is 51.5 Å². The smallest absolute Gasteiger partial charge is 0.213 e. The van der Waals surface area contributed by atoms with Gasteiger partial charge in [-0.05, 0) is 41.1 Å². The molecule has 0 aliphatic heterocycles. The minimum atomic E-state index is -0.545. The Morgan fingerprint density at radius 2 is 2.18 bits per heavy atom. The van der Waals surface area contributed by atoms with Gasteiger partial charge < -0.3 is 0 Å². The Kier molecular flexibility index (Phi) is 3.11. The molecule has 0 bridgehead atoms. The predicted molar refractivity (Wildman–Crippen MR) is 65.5 cm³/mol. The molecule has 0 saturated heterocycles. The molecule has 0 N–H and O–H groups in total. The molecule has 17 heavy (non-hydrogen) atoms. The summed E-state index contributed by atoms with van der Waals surface area (Å²) in [7, 11) is 1.66. The Bertz CT molecular complexity index is 592. The van der Waals surface area contributed by atoms with Crippen molar-refractivity contribution >= 4 is 21.7 Å². The SMILES string of the molecule is Cc1cc(C(=O)c2cccc(Br)c2F)n(C)n1. The molecule has 0 saturated carbocycles. The van der Waals surface area contributed by atoms with Crippen molar-refractivity contribution in [1.82, 2.24) is 9.78 Å². The third-order valence-corrected chi connectivity index (χ3v) is 3.04. The molecule has 1 aromatic carbocycles. The molecule has 2 rings (SSSR count). The van der Waals surface area contributed by atoms with E-state index < -0.39 is 5.82 Å². The molecule has 1 aromatic heterocycles. The van der Waals surface area contributed by atoms with Crippen molar-refractivity contribution in [1.29, 1.82) is 0 Å². The van der Waals surface area contributed by atoms with Crippen molar-refractivity contribution in [3.63, 3.8) is 0 Å². The number of aryl methyl sites for hydroxylation is 2. The van der Waals surface area contributed by atoms with Crippen LogP contribution < -0.4 is 0 Å². The van der Waals surface area contributed by atoms with Gasteiger partial charge in [-0.15, -0.1) is 0 Å². The van der Waals surface area contributed by atoms with Crippen LogP contribution in [0.5, 0.6) is 0 Å². The summed E-state index contributed by atoms with van der Waals surface area (Å²) in [5.41, 5.74) is 1.15. The highest BCUT2D eigenvalue weighted by Crippen LogP contribution is 2.21. The lowest BCUT2D eigenvalue weighted by Crippen LogP contribution is -2.10. The van der Waals surface area contributed by atoms with Gasteiger partial charge in [-0.1, -0.05) is 6.07 Å². The second kappa shape index (κ2) is 4.41. The number of rotatable bonds is 2. The second-order valence-electron chi connectivity index (χ2n) is 3.73. The molecule has 0 aliphatic carbocycles. The second-order valence-corrected chi connectivity index (χ2v) is 4.58. The maximum Gasteiger partial charge on any atom is 0.213 e. The lowest BCUT2D eigenvalue weighted by Gasteiger charge is -2.03. The largest absolute Gasteiger partial charge is 0.287 e. The summed E-state index contributed by atoms with van der Waals surface area (Å²) in [4.78, 5) is 12.1. The van der Waals surface area contributed by atoms with Gasteiger partial charge in [0.2, 0.25) is 5.78 Å². The zero-order valence-electron chi connectivity index (χ0n) is 9.37. The number of ketones is 1. The highest BCUT2D eigenvalue weighted by atomic mass is 79.9. The first kappa shape index (κ1) is 12.0. The molecule has 0 fully saturated rings. The van der Waals surface area contributed by atoms with Gasteiger partial charge in [-0.2, -0.15) is 5.10 Å². The molecule has 0 atom stereocenters. The Balaban J connectivity index is 2.51. The van der Waals surface area contributed by atoms with Crippen LogP contribution in [0.25, 0.3) is 0 Å². The normalized spacial score (nSPS) is 10.6. The number of carbonyl (C=O) groups excluding carboxylic acids is 1. The zero-order valence-corrected chi connectivity index (χ0v) is 11.0. The van der Waals surface area contributed by atoms with Gasteiger partial charge in [0, 0.05) is 7.05 Å². The first-order valence-corrected chi connectivity index (χ1v) is 5.79. The van der Waals surface area contributed by atoms with Crippen LogP contribution in [-0.2, 0) is 7.05 Å². The van der Waals surface area contributed by atoms with Crippen LogP contribution in [0, 0.1) is 12.7 Å². The third kappa shape index (κ3) is 2.15. The van der Waals surface area contributed by atoms with Crippen molar-refractivity contribution in [2.24, 2.45) is 7.05 Å². The van der Waals surface area contributed by atoms with Crippen LogP contribution in [0.2, 0.25) is 0 Å². The topological polar surface area (TPSA) is 34.9 Å². The van der Waals surface area contributed by atoms with Crippen LogP contribution in [0.15, 0.2) is 28.7 Å². The Morgan fingerprint density at radius 3 is 2.76 bits per heavy atom. The fourth-order valence-corrected chi connectivity index (χ4v) is 2.01. The van der Waals surface area contributed by atoms with E-state index in [0.717, 1.165) is 5.69 Å². The lowest BCUT2D eigenvalue weighted by atomic mass is 10.1. The summed E-state index contributed by atoms with van der Waals surface area (Å²) in [5.74, 6) is -0.914. The molecule has 1 heterocycles. The molecule has 88 valence electrons. The summed E-state index contributed by atoms with van der Waals surface area (Å²) >= 11 is 3.06. The minimum absolute atomic E-state index is 0.0439. The van der Waals surface area contributed by atoms with Crippen molar-refractivity contribution in [3.8, 4) is 0 Å². The van der Waals surface area contributed by atoms with Gasteiger partial charge in [0.15, 0.2) is 0 Å². The average molecular weight is 297 g/mol. The fraction of sp³-hybridized carbons (Fsp3) is 0.167. The first-order chi connectivity index (χ1) is 8.00. The summed E-state index contributed by atoms with van der Waals surface area (Å²) in [6.45, 7) is 1.79. The number of carbonyl (C=O) groups is 1. The van der Waals surface area contributed by atoms with Gasteiger partial charge in [-0.25, -0.2) is 4.39 Å². The number of hydrogen-bond donors (Lipinski definition) is 0. The molecule has 0 radical (unpaired) electrons. The number of hydrogen-bond acceptors (Lipinski definition) is 2. The van der Waals surface area contributed by atoms with Crippen LogP contribution in [0.4, 0.5) is 4.39 Å². The fourth-order valence-electron chi connectivity index (χ4n) is 1.64. The van der Waals surface area contributed by atoms with Crippen LogP contribution in [0.3, 0.4) is 0 Å². The van der Waals surface area contributed by atoms with Crippen LogP contribution in [-0.4, -0.2) is 15.6 Å². The molecule has 5 heteroatoms. The summed E-state index contributed by atoms with van der Waals surface area (Å²) in [6, 6.07) is 6.29. The van der Waals surface area contributed by atoms with Gasteiger partial charge in [0.1, 0.15) is 11.5 Å². The van der Waals surface area contributed by atoms with Gasteiger partial charge in [0.25, 0.3) is 0 Å². The summed E-state index contributed by atoms with van der Waals surface area (Å²) in [5, 5.41) is 4.07. The maximum absolute atomic E-state index is 13.8. The van der Waals surface area contributed by atoms with Gasteiger partial charge in [0.05, 0.1) is 15.7 Å². The molecule has 0 unspecified atom stereocenters. The highest BCUT2D eigenvalue weighted by Gasteiger charge is 2.19. The summed E-state index contributed by atoms with van der Waals surface area (Å²) in [6.07, 6.45) is 0. The number of halogens is 2. The number of benzene rings is 1. The van der Waals surface area contributed by atoms with Crippen molar-refractivity contribution < 1.29 is 9.18 Å². The van der Waals surface area contributed by atoms with E-state index in [1.165, 1.54) is 10.7 Å². The molecule has 0 amide bonds. The molecule has 0 spiro atoms. The van der Waals surface area contributed by atoms with E-state index in [-0.39, 0.29) is 15.8 Å². The van der Waals surface area contributed by atoms with E-state index in [1.54, 1.807) is 32.2 Å². The third-order valence-electron chi connectivity index (χ3n) is 2.43. The Hall–Kier alpha value is -1.49. The van der Waals surface area contributed by atoms with Crippen LogP contribution >= 0.6 is 15.9 Å². The van der Waals surface area contributed by atoms with E-state index >= 15 is 0 Å².